The first-order valence-electron chi connectivity index (χ1n) is 12.0. The maximum atomic E-state index is 13.6. The molecule has 7 nitrogen and oxygen atoms in total. The number of benzene rings is 3. The molecule has 0 bridgehead atoms. The number of unbranched alkanes of at least 4 members (excludes halogenated alkanes) is 1. The van der Waals surface area contributed by atoms with Crippen LogP contribution in [0.25, 0.3) is 0 Å². The van der Waals surface area contributed by atoms with Gasteiger partial charge < -0.3 is 14.8 Å². The monoisotopic (exact) mass is 510 g/mol. The fourth-order valence-corrected chi connectivity index (χ4v) is 5.22. The zero-order chi connectivity index (χ0) is 26.0. The van der Waals surface area contributed by atoms with E-state index in [1.54, 1.807) is 6.07 Å². The number of nitrogens with zero attached hydrogens (tertiary/aromatic N) is 1. The molecule has 0 unspecified atom stereocenters. The number of carbonyl (C=O) groups is 1. The van der Waals surface area contributed by atoms with Gasteiger partial charge in [-0.3, -0.25) is 4.79 Å². The minimum atomic E-state index is -4.00. The predicted molar refractivity (Wildman–Crippen MR) is 142 cm³/mol. The number of anilines is 1. The molecule has 192 valence electrons. The van der Waals surface area contributed by atoms with Crippen LogP contribution < -0.4 is 14.8 Å². The van der Waals surface area contributed by atoms with Crippen molar-refractivity contribution < 1.29 is 22.7 Å². The summed E-state index contributed by atoms with van der Waals surface area (Å²) in [5.41, 5.74) is 2.82. The Kier molecular flexibility index (Phi) is 9.90. The second kappa shape index (κ2) is 13.1. The van der Waals surface area contributed by atoms with Gasteiger partial charge in [-0.25, -0.2) is 8.42 Å². The molecule has 0 fully saturated rings. The summed E-state index contributed by atoms with van der Waals surface area (Å²) >= 11 is 0. The van der Waals surface area contributed by atoms with Crippen LogP contribution in [-0.4, -0.2) is 45.9 Å². The van der Waals surface area contributed by atoms with E-state index in [0.29, 0.717) is 23.6 Å². The van der Waals surface area contributed by atoms with Crippen LogP contribution in [0.15, 0.2) is 77.7 Å². The van der Waals surface area contributed by atoms with Crippen LogP contribution in [0.1, 0.15) is 30.9 Å². The van der Waals surface area contributed by atoms with Gasteiger partial charge in [0.15, 0.2) is 11.5 Å². The van der Waals surface area contributed by atoms with Crippen LogP contribution in [0.4, 0.5) is 5.69 Å². The zero-order valence-corrected chi connectivity index (χ0v) is 21.9. The molecule has 0 radical (unpaired) electrons. The molecule has 0 aliphatic heterocycles. The Morgan fingerprint density at radius 2 is 1.53 bits per heavy atom. The van der Waals surface area contributed by atoms with Crippen molar-refractivity contribution >= 4 is 21.6 Å². The van der Waals surface area contributed by atoms with Crippen molar-refractivity contribution in [3.05, 3.63) is 83.9 Å². The van der Waals surface area contributed by atoms with Gasteiger partial charge in [0.05, 0.1) is 25.7 Å². The first-order valence-corrected chi connectivity index (χ1v) is 13.5. The third-order valence-corrected chi connectivity index (χ3v) is 7.70. The fraction of sp³-hybridized carbons (Fsp3) is 0.321. The molecule has 1 N–H and O–H groups in total. The molecule has 3 aromatic carbocycles. The Bertz CT molecular complexity index is 1230. The third kappa shape index (κ3) is 7.32. The summed E-state index contributed by atoms with van der Waals surface area (Å²) in [6.45, 7) is 1.97. The maximum absolute atomic E-state index is 13.6. The van der Waals surface area contributed by atoms with Crippen LogP contribution >= 0.6 is 0 Å². The van der Waals surface area contributed by atoms with E-state index in [2.05, 4.69) is 12.2 Å². The number of hydrogen-bond donors (Lipinski definition) is 1. The highest BCUT2D eigenvalue weighted by molar-refractivity contribution is 7.89. The lowest BCUT2D eigenvalue weighted by Crippen LogP contribution is -2.39. The number of nitrogens with one attached hydrogen (secondary N) is 1. The van der Waals surface area contributed by atoms with E-state index in [-0.39, 0.29) is 18.0 Å². The lowest BCUT2D eigenvalue weighted by molar-refractivity contribution is -0.116. The summed E-state index contributed by atoms with van der Waals surface area (Å²) in [6.07, 6.45) is 3.68. The molecular weight excluding hydrogens is 476 g/mol. The van der Waals surface area contributed by atoms with Crippen molar-refractivity contribution in [1.29, 1.82) is 0 Å². The highest BCUT2D eigenvalue weighted by atomic mass is 32.2. The molecule has 0 atom stereocenters. The van der Waals surface area contributed by atoms with Gasteiger partial charge in [-0.1, -0.05) is 55.8 Å². The van der Waals surface area contributed by atoms with Crippen LogP contribution in [0.2, 0.25) is 0 Å². The summed E-state index contributed by atoms with van der Waals surface area (Å²) in [5, 5.41) is 2.83. The largest absolute Gasteiger partial charge is 0.493 e. The number of carbonyl (C=O) groups excluding carboxylic acids is 1. The van der Waals surface area contributed by atoms with Crippen molar-refractivity contribution in [1.82, 2.24) is 4.31 Å². The number of ether oxygens (including phenoxy) is 2. The molecule has 0 aromatic heterocycles. The fourth-order valence-electron chi connectivity index (χ4n) is 3.81. The van der Waals surface area contributed by atoms with Crippen LogP contribution in [-0.2, 0) is 27.7 Å². The molecule has 3 rings (SSSR count). The van der Waals surface area contributed by atoms with Gasteiger partial charge >= 0.3 is 0 Å². The molecule has 0 spiro atoms. The number of methoxy groups -OCH3 is 2. The topological polar surface area (TPSA) is 84.9 Å². The van der Waals surface area contributed by atoms with Crippen LogP contribution in [0, 0.1) is 0 Å². The standard InChI is InChI=1S/C28H34N2O5S/c1-4-5-9-23-12-14-24(15-13-23)29-28(31)21-30(19-18-22-10-7-6-8-11-22)36(32,33)25-16-17-26(34-2)27(20-25)35-3/h6-8,10-17,20H,4-5,9,18-19,21H2,1-3H3,(H,29,31). The molecule has 3 aromatic rings. The summed E-state index contributed by atoms with van der Waals surface area (Å²) in [4.78, 5) is 13.0. The second-order valence-electron chi connectivity index (χ2n) is 8.44. The summed E-state index contributed by atoms with van der Waals surface area (Å²) in [7, 11) is -1.06. The number of hydrogen-bond acceptors (Lipinski definition) is 5. The van der Waals surface area contributed by atoms with Crippen molar-refractivity contribution in [2.45, 2.75) is 37.5 Å². The van der Waals surface area contributed by atoms with Gasteiger partial charge in [0.2, 0.25) is 15.9 Å². The lowest BCUT2D eigenvalue weighted by Gasteiger charge is -2.22. The normalized spacial score (nSPS) is 11.3. The Morgan fingerprint density at radius 3 is 2.17 bits per heavy atom. The highest BCUT2D eigenvalue weighted by Crippen LogP contribution is 2.30. The minimum absolute atomic E-state index is 0.0290. The highest BCUT2D eigenvalue weighted by Gasteiger charge is 2.28. The molecule has 0 aliphatic carbocycles. The average Bonchev–Trinajstić information content (AvgIpc) is 2.90. The van der Waals surface area contributed by atoms with E-state index < -0.39 is 15.9 Å². The molecule has 0 saturated carbocycles. The van der Waals surface area contributed by atoms with Crippen LogP contribution in [0.5, 0.6) is 11.5 Å². The van der Waals surface area contributed by atoms with Gasteiger partial charge in [0.25, 0.3) is 0 Å². The molecule has 0 heterocycles. The zero-order valence-electron chi connectivity index (χ0n) is 21.1. The summed E-state index contributed by atoms with van der Waals surface area (Å²) < 4.78 is 38.9. The summed E-state index contributed by atoms with van der Waals surface area (Å²) in [6, 6.07) is 21.7. The molecule has 0 aliphatic rings. The lowest BCUT2D eigenvalue weighted by atomic mass is 10.1. The Morgan fingerprint density at radius 1 is 0.861 bits per heavy atom. The van der Waals surface area contributed by atoms with Gasteiger partial charge in [-0.15, -0.1) is 0 Å². The molecule has 36 heavy (non-hydrogen) atoms. The SMILES string of the molecule is CCCCc1ccc(NC(=O)CN(CCc2ccccc2)S(=O)(=O)c2ccc(OC)c(OC)c2)cc1. The minimum Gasteiger partial charge on any atom is -0.493 e. The van der Waals surface area contributed by atoms with Gasteiger partial charge in [-0.2, -0.15) is 4.31 Å². The van der Waals surface area contributed by atoms with Crippen molar-refractivity contribution in [2.75, 3.05) is 32.6 Å². The molecule has 1 amide bonds. The number of sulfonamides is 1. The number of rotatable bonds is 13. The van der Waals surface area contributed by atoms with Gasteiger partial charge in [0.1, 0.15) is 0 Å². The van der Waals surface area contributed by atoms with E-state index in [1.807, 2.05) is 54.6 Å². The maximum Gasteiger partial charge on any atom is 0.243 e. The first kappa shape index (κ1) is 27.2. The van der Waals surface area contributed by atoms with E-state index >= 15 is 0 Å². The van der Waals surface area contributed by atoms with E-state index in [0.717, 1.165) is 24.8 Å². The van der Waals surface area contributed by atoms with E-state index in [9.17, 15) is 13.2 Å². The van der Waals surface area contributed by atoms with Crippen molar-refractivity contribution in [2.24, 2.45) is 0 Å². The van der Waals surface area contributed by atoms with Gasteiger partial charge in [0, 0.05) is 18.3 Å². The third-order valence-electron chi connectivity index (χ3n) is 5.86. The average molecular weight is 511 g/mol. The van der Waals surface area contributed by atoms with Gasteiger partial charge in [-0.05, 0) is 54.7 Å². The van der Waals surface area contributed by atoms with E-state index in [4.69, 9.17) is 9.47 Å². The Balaban J connectivity index is 1.80. The first-order chi connectivity index (χ1) is 17.4. The predicted octanol–water partition coefficient (Wildman–Crippen LogP) is 4.92. The van der Waals surface area contributed by atoms with Crippen molar-refractivity contribution in [3.63, 3.8) is 0 Å². The molecular formula is C28H34N2O5S. The van der Waals surface area contributed by atoms with Crippen molar-refractivity contribution in [3.8, 4) is 11.5 Å². The Hall–Kier alpha value is -3.36. The summed E-state index contributed by atoms with van der Waals surface area (Å²) in [5.74, 6) is 0.315. The molecule has 0 saturated heterocycles. The van der Waals surface area contributed by atoms with E-state index in [1.165, 1.54) is 36.2 Å². The number of aryl methyl sites for hydroxylation is 1. The van der Waals surface area contributed by atoms with Crippen LogP contribution in [0.3, 0.4) is 0 Å². The Labute approximate surface area is 214 Å². The molecule has 8 heteroatoms. The second-order valence-corrected chi connectivity index (χ2v) is 10.4. The number of amides is 1. The quantitative estimate of drug-likeness (QED) is 0.353. The smallest absolute Gasteiger partial charge is 0.243 e.